The Labute approximate surface area is 92.7 Å². The van der Waals surface area contributed by atoms with Gasteiger partial charge in [-0.05, 0) is 12.8 Å². The van der Waals surface area contributed by atoms with Gasteiger partial charge in [-0.3, -0.25) is 4.68 Å². The van der Waals surface area contributed by atoms with Crippen LogP contribution in [0.5, 0.6) is 0 Å². The fourth-order valence-corrected chi connectivity index (χ4v) is 1.92. The van der Waals surface area contributed by atoms with Crippen molar-refractivity contribution < 1.29 is 9.90 Å². The first-order chi connectivity index (χ1) is 7.70. The van der Waals surface area contributed by atoms with Gasteiger partial charge in [0, 0.05) is 19.3 Å². The summed E-state index contributed by atoms with van der Waals surface area (Å²) in [6.07, 6.45) is 3.87. The van der Waals surface area contributed by atoms with Crippen molar-refractivity contribution >= 4 is 6.09 Å². The molecule has 1 saturated heterocycles. The molecule has 84 valence electrons. The number of hydrogen-bond acceptors (Lipinski definition) is 3. The van der Waals surface area contributed by atoms with Gasteiger partial charge < -0.3 is 10.0 Å². The summed E-state index contributed by atoms with van der Waals surface area (Å²) in [6.45, 7) is 1.06. The minimum absolute atomic E-state index is 0.206. The second-order valence-electron chi connectivity index (χ2n) is 3.82. The van der Waals surface area contributed by atoms with E-state index < -0.39 is 6.09 Å². The van der Waals surface area contributed by atoms with E-state index in [9.17, 15) is 4.79 Å². The Balaban J connectivity index is 1.99. The summed E-state index contributed by atoms with van der Waals surface area (Å²) in [4.78, 5) is 12.1. The number of hydrogen-bond donors (Lipinski definition) is 1. The number of nitriles is 1. The molecule has 1 N–H and O–H groups in total. The van der Waals surface area contributed by atoms with E-state index in [0.29, 0.717) is 18.7 Å². The average Bonchev–Trinajstić information content (AvgIpc) is 2.77. The number of carbonyl (C=O) groups is 1. The van der Waals surface area contributed by atoms with Gasteiger partial charge in [-0.1, -0.05) is 0 Å². The van der Waals surface area contributed by atoms with Crippen molar-refractivity contribution in [3.05, 3.63) is 18.0 Å². The molecule has 16 heavy (non-hydrogen) atoms. The topological polar surface area (TPSA) is 82.2 Å². The molecule has 2 heterocycles. The molecule has 0 bridgehead atoms. The molecule has 0 aromatic carbocycles. The molecule has 0 radical (unpaired) electrons. The Morgan fingerprint density at radius 1 is 1.56 bits per heavy atom. The van der Waals surface area contributed by atoms with Crippen LogP contribution in [0.4, 0.5) is 4.79 Å². The molecule has 1 aliphatic heterocycles. The summed E-state index contributed by atoms with van der Waals surface area (Å²) in [5.41, 5.74) is 0.542. The maximum Gasteiger partial charge on any atom is 0.407 e. The van der Waals surface area contributed by atoms with Gasteiger partial charge in [0.25, 0.3) is 0 Å². The largest absolute Gasteiger partial charge is 0.465 e. The highest BCUT2D eigenvalue weighted by atomic mass is 16.4. The number of aromatic nitrogens is 2. The van der Waals surface area contributed by atoms with Crippen LogP contribution in [-0.4, -0.2) is 39.0 Å². The smallest absolute Gasteiger partial charge is 0.407 e. The van der Waals surface area contributed by atoms with Gasteiger partial charge in [-0.2, -0.15) is 10.4 Å². The Bertz CT molecular complexity index is 426. The van der Waals surface area contributed by atoms with Crippen molar-refractivity contribution in [2.75, 3.05) is 13.1 Å². The number of piperidine rings is 1. The highest BCUT2D eigenvalue weighted by Gasteiger charge is 2.23. The van der Waals surface area contributed by atoms with E-state index in [4.69, 9.17) is 10.4 Å². The summed E-state index contributed by atoms with van der Waals surface area (Å²) in [6, 6.07) is 2.23. The summed E-state index contributed by atoms with van der Waals surface area (Å²) >= 11 is 0. The molecule has 0 unspecified atom stereocenters. The van der Waals surface area contributed by atoms with Crippen LogP contribution in [0.1, 0.15) is 24.4 Å². The van der Waals surface area contributed by atoms with E-state index in [1.165, 1.54) is 11.1 Å². The third kappa shape index (κ3) is 1.98. The fourth-order valence-electron chi connectivity index (χ4n) is 1.92. The Morgan fingerprint density at radius 2 is 2.25 bits per heavy atom. The maximum absolute atomic E-state index is 10.7. The SMILES string of the molecule is N#Cc1cnn(C2CCN(C(=O)O)CC2)c1. The van der Waals surface area contributed by atoms with Crippen LogP contribution in [0.2, 0.25) is 0 Å². The quantitative estimate of drug-likeness (QED) is 0.767. The molecule has 6 heteroatoms. The van der Waals surface area contributed by atoms with Crippen LogP contribution < -0.4 is 0 Å². The zero-order valence-corrected chi connectivity index (χ0v) is 8.70. The minimum atomic E-state index is -0.864. The fraction of sp³-hybridized carbons (Fsp3) is 0.500. The lowest BCUT2D eigenvalue weighted by molar-refractivity contribution is 0.124. The second-order valence-corrected chi connectivity index (χ2v) is 3.82. The minimum Gasteiger partial charge on any atom is -0.465 e. The summed E-state index contributed by atoms with van der Waals surface area (Å²) in [5, 5.41) is 21.6. The molecule has 1 aromatic heterocycles. The number of rotatable bonds is 1. The van der Waals surface area contributed by atoms with Crippen LogP contribution in [-0.2, 0) is 0 Å². The zero-order valence-electron chi connectivity index (χ0n) is 8.70. The van der Waals surface area contributed by atoms with E-state index in [1.54, 1.807) is 10.9 Å². The standard InChI is InChI=1S/C10H12N4O2/c11-5-8-6-12-14(7-8)9-1-3-13(4-2-9)10(15)16/h6-7,9H,1-4H2,(H,15,16). The summed E-state index contributed by atoms with van der Waals surface area (Å²) < 4.78 is 1.76. The predicted molar refractivity (Wildman–Crippen MR) is 54.8 cm³/mol. The molecule has 1 fully saturated rings. The van der Waals surface area contributed by atoms with Gasteiger partial charge in [0.1, 0.15) is 6.07 Å². The number of carboxylic acid groups (broad SMARTS) is 1. The van der Waals surface area contributed by atoms with Crippen LogP contribution in [0.3, 0.4) is 0 Å². The molecule has 1 amide bonds. The van der Waals surface area contributed by atoms with Gasteiger partial charge in [-0.15, -0.1) is 0 Å². The molecule has 1 aromatic rings. The van der Waals surface area contributed by atoms with Crippen LogP contribution in [0, 0.1) is 11.3 Å². The van der Waals surface area contributed by atoms with Crippen molar-refractivity contribution in [3.63, 3.8) is 0 Å². The van der Waals surface area contributed by atoms with Gasteiger partial charge in [-0.25, -0.2) is 4.79 Å². The van der Waals surface area contributed by atoms with Gasteiger partial charge in [0.15, 0.2) is 0 Å². The van der Waals surface area contributed by atoms with E-state index in [0.717, 1.165) is 12.8 Å². The first-order valence-electron chi connectivity index (χ1n) is 5.13. The summed E-state index contributed by atoms with van der Waals surface area (Å²) in [5.74, 6) is 0. The molecular weight excluding hydrogens is 208 g/mol. The van der Waals surface area contributed by atoms with Crippen molar-refractivity contribution in [2.45, 2.75) is 18.9 Å². The molecule has 0 spiro atoms. The molecule has 0 atom stereocenters. The van der Waals surface area contributed by atoms with Gasteiger partial charge in [0.2, 0.25) is 0 Å². The molecule has 2 rings (SSSR count). The van der Waals surface area contributed by atoms with Gasteiger partial charge in [0.05, 0.1) is 17.8 Å². The van der Waals surface area contributed by atoms with Crippen LogP contribution >= 0.6 is 0 Å². The third-order valence-corrected chi connectivity index (χ3v) is 2.84. The third-order valence-electron chi connectivity index (χ3n) is 2.84. The van der Waals surface area contributed by atoms with Crippen molar-refractivity contribution in [1.29, 1.82) is 5.26 Å². The molecule has 1 aliphatic rings. The van der Waals surface area contributed by atoms with Crippen molar-refractivity contribution in [1.82, 2.24) is 14.7 Å². The lowest BCUT2D eigenvalue weighted by Crippen LogP contribution is -2.38. The number of nitrogens with zero attached hydrogens (tertiary/aromatic N) is 4. The second kappa shape index (κ2) is 4.23. The molecule has 0 aliphatic carbocycles. The molecular formula is C10H12N4O2. The highest BCUT2D eigenvalue weighted by Crippen LogP contribution is 2.21. The van der Waals surface area contributed by atoms with Crippen LogP contribution in [0.15, 0.2) is 12.4 Å². The number of amides is 1. The van der Waals surface area contributed by atoms with Gasteiger partial charge >= 0.3 is 6.09 Å². The first-order valence-corrected chi connectivity index (χ1v) is 5.13. The normalized spacial score (nSPS) is 17.1. The lowest BCUT2D eigenvalue weighted by Gasteiger charge is -2.29. The predicted octanol–water partition coefficient (Wildman–Crippen LogP) is 1.07. The van der Waals surface area contributed by atoms with E-state index in [2.05, 4.69) is 5.10 Å². The molecule has 0 saturated carbocycles. The zero-order chi connectivity index (χ0) is 11.5. The maximum atomic E-state index is 10.7. The van der Waals surface area contributed by atoms with E-state index in [-0.39, 0.29) is 6.04 Å². The average molecular weight is 220 g/mol. The highest BCUT2D eigenvalue weighted by molar-refractivity contribution is 5.64. The first kappa shape index (κ1) is 10.5. The van der Waals surface area contributed by atoms with Crippen LogP contribution in [0.25, 0.3) is 0 Å². The van der Waals surface area contributed by atoms with Crippen molar-refractivity contribution in [3.8, 4) is 6.07 Å². The van der Waals surface area contributed by atoms with E-state index >= 15 is 0 Å². The monoisotopic (exact) mass is 220 g/mol. The van der Waals surface area contributed by atoms with E-state index in [1.807, 2.05) is 6.07 Å². The summed E-state index contributed by atoms with van der Waals surface area (Å²) in [7, 11) is 0. The Morgan fingerprint density at radius 3 is 2.75 bits per heavy atom. The van der Waals surface area contributed by atoms with Crippen molar-refractivity contribution in [2.24, 2.45) is 0 Å². The Hall–Kier alpha value is -2.03. The lowest BCUT2D eigenvalue weighted by atomic mass is 10.1. The number of likely N-dealkylation sites (tertiary alicyclic amines) is 1. The Kier molecular flexibility index (Phi) is 2.77. The molecule has 6 nitrogen and oxygen atoms in total.